The summed E-state index contributed by atoms with van der Waals surface area (Å²) in [5, 5.41) is 0.514. The van der Waals surface area contributed by atoms with Crippen molar-refractivity contribution >= 4 is 17.0 Å². The Bertz CT molecular complexity index is 572. The van der Waals surface area contributed by atoms with E-state index in [9.17, 15) is 4.79 Å². The molecule has 2 aromatic rings. The minimum absolute atomic E-state index is 0.186. The Balaban J connectivity index is 2.91. The molecule has 1 N–H and O–H groups in total. The maximum absolute atomic E-state index is 11.6. The lowest BCUT2D eigenvalue weighted by Gasteiger charge is -2.04. The summed E-state index contributed by atoms with van der Waals surface area (Å²) in [6, 6.07) is 5.23. The first-order valence-electron chi connectivity index (χ1n) is 4.45. The number of nitrogens with one attached hydrogen (secondary N) is 1. The van der Waals surface area contributed by atoms with Crippen molar-refractivity contribution in [2.75, 3.05) is 7.11 Å². The number of benzene rings is 1. The van der Waals surface area contributed by atoms with Gasteiger partial charge in [0.2, 0.25) is 0 Å². The van der Waals surface area contributed by atoms with Crippen molar-refractivity contribution in [2.45, 2.75) is 0 Å². The summed E-state index contributed by atoms with van der Waals surface area (Å²) in [4.78, 5) is 18.5. The number of aromatic nitrogens is 2. The van der Waals surface area contributed by atoms with E-state index in [1.165, 1.54) is 6.08 Å². The Morgan fingerprint density at radius 3 is 3.00 bits per heavy atom. The highest BCUT2D eigenvalue weighted by molar-refractivity contribution is 5.84. The molecule has 0 bridgehead atoms. The number of nitrogens with zero attached hydrogens (tertiary/aromatic N) is 1. The lowest BCUT2D eigenvalue weighted by molar-refractivity contribution is 0.419. The summed E-state index contributed by atoms with van der Waals surface area (Å²) < 4.78 is 5.13. The van der Waals surface area contributed by atoms with Crippen LogP contribution in [-0.4, -0.2) is 17.1 Å². The van der Waals surface area contributed by atoms with Crippen LogP contribution in [0.1, 0.15) is 5.82 Å². The van der Waals surface area contributed by atoms with Crippen LogP contribution in [0, 0.1) is 0 Å². The minimum Gasteiger partial charge on any atom is -0.494 e. The van der Waals surface area contributed by atoms with E-state index in [4.69, 9.17) is 4.74 Å². The van der Waals surface area contributed by atoms with Crippen LogP contribution in [0.25, 0.3) is 17.0 Å². The first-order chi connectivity index (χ1) is 7.26. The van der Waals surface area contributed by atoms with Crippen molar-refractivity contribution in [3.63, 3.8) is 0 Å². The highest BCUT2D eigenvalue weighted by Gasteiger charge is 2.06. The van der Waals surface area contributed by atoms with Gasteiger partial charge >= 0.3 is 0 Å². The van der Waals surface area contributed by atoms with E-state index in [-0.39, 0.29) is 5.56 Å². The molecule has 1 aromatic heterocycles. The molecule has 0 aliphatic heterocycles. The van der Waals surface area contributed by atoms with E-state index < -0.39 is 0 Å². The SMILES string of the molecule is C=Cc1nc2c(OC)cccc2c(=O)[nH]1. The van der Waals surface area contributed by atoms with Crippen molar-refractivity contribution in [3.8, 4) is 5.75 Å². The Morgan fingerprint density at radius 1 is 1.53 bits per heavy atom. The predicted molar refractivity (Wildman–Crippen MR) is 59.0 cm³/mol. The second-order valence-corrected chi connectivity index (χ2v) is 3.01. The van der Waals surface area contributed by atoms with Crippen LogP contribution >= 0.6 is 0 Å². The summed E-state index contributed by atoms with van der Waals surface area (Å²) in [7, 11) is 1.55. The van der Waals surface area contributed by atoms with E-state index in [0.717, 1.165) is 0 Å². The van der Waals surface area contributed by atoms with Gasteiger partial charge < -0.3 is 9.72 Å². The quantitative estimate of drug-likeness (QED) is 0.804. The second-order valence-electron chi connectivity index (χ2n) is 3.01. The molecular weight excluding hydrogens is 192 g/mol. The van der Waals surface area contributed by atoms with Crippen molar-refractivity contribution < 1.29 is 4.74 Å². The number of H-pyrrole nitrogens is 1. The van der Waals surface area contributed by atoms with Gasteiger partial charge in [-0.05, 0) is 18.2 Å². The number of hydrogen-bond acceptors (Lipinski definition) is 3. The van der Waals surface area contributed by atoms with Gasteiger partial charge in [-0.1, -0.05) is 12.6 Å². The zero-order valence-electron chi connectivity index (χ0n) is 8.28. The molecule has 0 fully saturated rings. The fourth-order valence-corrected chi connectivity index (χ4v) is 1.41. The molecule has 1 heterocycles. The number of ether oxygens (including phenoxy) is 1. The van der Waals surface area contributed by atoms with Gasteiger partial charge in [-0.15, -0.1) is 0 Å². The molecule has 0 saturated heterocycles. The number of methoxy groups -OCH3 is 1. The van der Waals surface area contributed by atoms with Gasteiger partial charge in [0, 0.05) is 0 Å². The molecule has 2 rings (SSSR count). The molecule has 0 amide bonds. The second kappa shape index (κ2) is 3.57. The molecule has 1 aromatic carbocycles. The summed E-state index contributed by atoms with van der Waals surface area (Å²) in [6.45, 7) is 3.56. The first-order valence-corrected chi connectivity index (χ1v) is 4.45. The third-order valence-corrected chi connectivity index (χ3v) is 2.13. The van der Waals surface area contributed by atoms with Gasteiger partial charge in [0.15, 0.2) is 0 Å². The molecule has 0 atom stereocenters. The lowest BCUT2D eigenvalue weighted by atomic mass is 10.2. The Morgan fingerprint density at radius 2 is 2.33 bits per heavy atom. The summed E-state index contributed by atoms with van der Waals surface area (Å²) in [6.07, 6.45) is 1.49. The molecule has 4 heteroatoms. The third-order valence-electron chi connectivity index (χ3n) is 2.13. The van der Waals surface area contributed by atoms with Crippen LogP contribution in [0.15, 0.2) is 29.6 Å². The molecular formula is C11H10N2O2. The number of hydrogen-bond donors (Lipinski definition) is 1. The smallest absolute Gasteiger partial charge is 0.259 e. The molecule has 0 spiro atoms. The van der Waals surface area contributed by atoms with Crippen LogP contribution < -0.4 is 10.3 Å². The molecule has 76 valence electrons. The number of rotatable bonds is 2. The fourth-order valence-electron chi connectivity index (χ4n) is 1.41. The normalized spacial score (nSPS) is 10.2. The van der Waals surface area contributed by atoms with Crippen molar-refractivity contribution in [1.29, 1.82) is 0 Å². The van der Waals surface area contributed by atoms with Gasteiger partial charge in [0.25, 0.3) is 5.56 Å². The molecule has 4 nitrogen and oxygen atoms in total. The van der Waals surface area contributed by atoms with Crippen molar-refractivity contribution in [1.82, 2.24) is 9.97 Å². The Kier molecular flexibility index (Phi) is 2.25. The van der Waals surface area contributed by atoms with Crippen molar-refractivity contribution in [2.24, 2.45) is 0 Å². The third kappa shape index (κ3) is 1.50. The largest absolute Gasteiger partial charge is 0.494 e. The average Bonchev–Trinajstić information content (AvgIpc) is 2.28. The van der Waals surface area contributed by atoms with E-state index >= 15 is 0 Å². The average molecular weight is 202 g/mol. The van der Waals surface area contributed by atoms with E-state index in [1.807, 2.05) is 0 Å². The van der Waals surface area contributed by atoms with Crippen LogP contribution in [0.3, 0.4) is 0 Å². The maximum Gasteiger partial charge on any atom is 0.259 e. The Hall–Kier alpha value is -2.10. The number of aromatic amines is 1. The van der Waals surface area contributed by atoms with Crippen LogP contribution in [-0.2, 0) is 0 Å². The molecule has 0 saturated carbocycles. The summed E-state index contributed by atoms with van der Waals surface area (Å²) in [5.41, 5.74) is 0.368. The molecule has 0 radical (unpaired) electrons. The van der Waals surface area contributed by atoms with E-state index in [2.05, 4.69) is 16.5 Å². The highest BCUT2D eigenvalue weighted by Crippen LogP contribution is 2.20. The lowest BCUT2D eigenvalue weighted by Crippen LogP contribution is -2.10. The highest BCUT2D eigenvalue weighted by atomic mass is 16.5. The van der Waals surface area contributed by atoms with Gasteiger partial charge in [0.1, 0.15) is 17.1 Å². The van der Waals surface area contributed by atoms with E-state index in [1.54, 1.807) is 25.3 Å². The molecule has 0 unspecified atom stereocenters. The molecule has 0 aliphatic rings. The summed E-state index contributed by atoms with van der Waals surface area (Å²) >= 11 is 0. The monoisotopic (exact) mass is 202 g/mol. The number of fused-ring (bicyclic) bond motifs is 1. The topological polar surface area (TPSA) is 55.0 Å². The van der Waals surface area contributed by atoms with Gasteiger partial charge in [0.05, 0.1) is 12.5 Å². The van der Waals surface area contributed by atoms with Crippen LogP contribution in [0.4, 0.5) is 0 Å². The Labute approximate surface area is 86.2 Å². The summed E-state index contributed by atoms with van der Waals surface area (Å²) in [5.74, 6) is 1.03. The predicted octanol–water partition coefficient (Wildman–Crippen LogP) is 1.57. The maximum atomic E-state index is 11.6. The molecule has 0 aliphatic carbocycles. The van der Waals surface area contributed by atoms with Crippen LogP contribution in [0.2, 0.25) is 0 Å². The first kappa shape index (κ1) is 9.45. The van der Waals surface area contributed by atoms with Crippen LogP contribution in [0.5, 0.6) is 5.75 Å². The fraction of sp³-hybridized carbons (Fsp3) is 0.0909. The minimum atomic E-state index is -0.186. The number of para-hydroxylation sites is 1. The zero-order chi connectivity index (χ0) is 10.8. The molecule has 15 heavy (non-hydrogen) atoms. The van der Waals surface area contributed by atoms with Crippen molar-refractivity contribution in [3.05, 3.63) is 41.0 Å². The van der Waals surface area contributed by atoms with Gasteiger partial charge in [-0.3, -0.25) is 4.79 Å². The zero-order valence-corrected chi connectivity index (χ0v) is 8.28. The van der Waals surface area contributed by atoms with Gasteiger partial charge in [-0.25, -0.2) is 4.98 Å². The standard InChI is InChI=1S/C11H10N2O2/c1-3-9-12-10-7(11(14)13-9)5-4-6-8(10)15-2/h3-6H,1H2,2H3,(H,12,13,14). The van der Waals surface area contributed by atoms with E-state index in [0.29, 0.717) is 22.5 Å². The van der Waals surface area contributed by atoms with Gasteiger partial charge in [-0.2, -0.15) is 0 Å².